The van der Waals surface area contributed by atoms with Gasteiger partial charge in [0.1, 0.15) is 0 Å². The Morgan fingerprint density at radius 1 is 1.32 bits per heavy atom. The minimum Gasteiger partial charge on any atom is -0.490 e. The topological polar surface area (TPSA) is 65.0 Å². The number of benzene rings is 1. The van der Waals surface area contributed by atoms with Crippen LogP contribution in [0, 0.1) is 0 Å². The largest absolute Gasteiger partial charge is 0.490 e. The Kier molecular flexibility index (Phi) is 6.15. The maximum absolute atomic E-state index is 11.4. The third-order valence-corrected chi connectivity index (χ3v) is 2.23. The Labute approximate surface area is 113 Å². The molecule has 1 N–H and O–H groups in total. The number of hydrogen-bond acceptors (Lipinski definition) is 5. The summed E-state index contributed by atoms with van der Waals surface area (Å²) in [6, 6.07) is 5.20. The molecule has 0 radical (unpaired) electrons. The van der Waals surface area contributed by atoms with Crippen molar-refractivity contribution in [1.82, 2.24) is 0 Å². The molecule has 106 valence electrons. The molecule has 0 bridgehead atoms. The quantitative estimate of drug-likeness (QED) is 0.765. The van der Waals surface area contributed by atoms with Crippen LogP contribution in [0.3, 0.4) is 0 Å². The van der Waals surface area contributed by atoms with E-state index in [0.717, 1.165) is 0 Å². The molecule has 0 saturated heterocycles. The van der Waals surface area contributed by atoms with Crippen molar-refractivity contribution in [3.63, 3.8) is 0 Å². The maximum atomic E-state index is 11.4. The number of rotatable bonds is 7. The lowest BCUT2D eigenvalue weighted by atomic mass is 10.2. The third kappa shape index (κ3) is 4.79. The minimum atomic E-state index is -0.454. The monoisotopic (exact) mass is 268 g/mol. The molecule has 1 aromatic rings. The first kappa shape index (κ1) is 15.3. The molecule has 0 fully saturated rings. The zero-order valence-corrected chi connectivity index (χ0v) is 11.5. The molecule has 0 atom stereocenters. The highest BCUT2D eigenvalue weighted by atomic mass is 16.6. The third-order valence-electron chi connectivity index (χ3n) is 2.23. The van der Waals surface area contributed by atoms with Gasteiger partial charge in [0.25, 0.3) is 0 Å². The molecule has 5 nitrogen and oxygen atoms in total. The molecular weight excluding hydrogens is 248 g/mol. The van der Waals surface area contributed by atoms with Gasteiger partial charge in [-0.2, -0.15) is 0 Å². The van der Waals surface area contributed by atoms with Crippen LogP contribution >= 0.6 is 0 Å². The first-order chi connectivity index (χ1) is 9.08. The summed E-state index contributed by atoms with van der Waals surface area (Å²) in [5.41, 5.74) is 0.572. The van der Waals surface area contributed by atoms with Gasteiger partial charge in [-0.05, 0) is 26.8 Å². The van der Waals surface area contributed by atoms with E-state index in [4.69, 9.17) is 14.2 Å². The number of esters is 1. The van der Waals surface area contributed by atoms with Gasteiger partial charge in [-0.15, -0.1) is 0 Å². The summed E-state index contributed by atoms with van der Waals surface area (Å²) in [5, 5.41) is 9.27. The summed E-state index contributed by atoms with van der Waals surface area (Å²) in [5.74, 6) is 0.434. The number of aliphatic hydroxyl groups excluding tert-OH is 1. The van der Waals surface area contributed by atoms with Gasteiger partial charge in [0.15, 0.2) is 18.1 Å². The summed E-state index contributed by atoms with van der Waals surface area (Å²) >= 11 is 0. The summed E-state index contributed by atoms with van der Waals surface area (Å²) in [4.78, 5) is 11.4. The average Bonchev–Trinajstić information content (AvgIpc) is 2.36. The highest BCUT2D eigenvalue weighted by Gasteiger charge is 2.13. The highest BCUT2D eigenvalue weighted by molar-refractivity contribution is 5.71. The van der Waals surface area contributed by atoms with Gasteiger partial charge in [-0.1, -0.05) is 12.1 Å². The molecule has 0 aliphatic heterocycles. The Hall–Kier alpha value is -1.75. The maximum Gasteiger partial charge on any atom is 0.344 e. The zero-order chi connectivity index (χ0) is 14.3. The van der Waals surface area contributed by atoms with Crippen molar-refractivity contribution < 1.29 is 24.1 Å². The predicted octanol–water partition coefficient (Wildman–Crippen LogP) is 1.91. The fourth-order valence-electron chi connectivity index (χ4n) is 1.55. The van der Waals surface area contributed by atoms with Crippen LogP contribution in [0.4, 0.5) is 0 Å². The van der Waals surface area contributed by atoms with E-state index in [1.165, 1.54) is 0 Å². The molecule has 1 rings (SSSR count). The molecular formula is C14H20O5. The second kappa shape index (κ2) is 7.63. The van der Waals surface area contributed by atoms with Crippen molar-refractivity contribution >= 4 is 5.97 Å². The summed E-state index contributed by atoms with van der Waals surface area (Å²) in [6.45, 7) is 5.46. The van der Waals surface area contributed by atoms with Crippen LogP contribution < -0.4 is 9.47 Å². The van der Waals surface area contributed by atoms with E-state index in [0.29, 0.717) is 23.7 Å². The van der Waals surface area contributed by atoms with E-state index < -0.39 is 5.97 Å². The van der Waals surface area contributed by atoms with Gasteiger partial charge in [-0.25, -0.2) is 4.79 Å². The van der Waals surface area contributed by atoms with Crippen molar-refractivity contribution in [2.45, 2.75) is 33.5 Å². The normalized spacial score (nSPS) is 10.4. The Morgan fingerprint density at radius 3 is 2.63 bits per heavy atom. The van der Waals surface area contributed by atoms with E-state index in [1.54, 1.807) is 32.0 Å². The zero-order valence-electron chi connectivity index (χ0n) is 11.5. The van der Waals surface area contributed by atoms with Crippen LogP contribution in [0.1, 0.15) is 26.3 Å². The SMILES string of the molecule is CCOc1cccc(CO)c1OCC(=O)OC(C)C. The van der Waals surface area contributed by atoms with Crippen molar-refractivity contribution in [2.24, 2.45) is 0 Å². The van der Waals surface area contributed by atoms with Crippen LogP contribution in [0.2, 0.25) is 0 Å². The lowest BCUT2D eigenvalue weighted by Gasteiger charge is -2.15. The van der Waals surface area contributed by atoms with E-state index in [-0.39, 0.29) is 19.3 Å². The van der Waals surface area contributed by atoms with Crippen LogP contribution in [0.5, 0.6) is 11.5 Å². The van der Waals surface area contributed by atoms with E-state index in [9.17, 15) is 9.90 Å². The van der Waals surface area contributed by atoms with Crippen molar-refractivity contribution in [2.75, 3.05) is 13.2 Å². The molecule has 0 heterocycles. The lowest BCUT2D eigenvalue weighted by Crippen LogP contribution is -2.19. The number of hydrogen-bond donors (Lipinski definition) is 1. The molecule has 0 aliphatic carbocycles. The van der Waals surface area contributed by atoms with E-state index >= 15 is 0 Å². The molecule has 0 unspecified atom stereocenters. The predicted molar refractivity (Wildman–Crippen MR) is 70.3 cm³/mol. The first-order valence-corrected chi connectivity index (χ1v) is 6.26. The van der Waals surface area contributed by atoms with Gasteiger partial charge in [-0.3, -0.25) is 0 Å². The van der Waals surface area contributed by atoms with Crippen molar-refractivity contribution in [3.8, 4) is 11.5 Å². The van der Waals surface area contributed by atoms with Crippen LogP contribution in [-0.4, -0.2) is 30.4 Å². The molecule has 0 aromatic heterocycles. The van der Waals surface area contributed by atoms with Crippen LogP contribution in [0.15, 0.2) is 18.2 Å². The highest BCUT2D eigenvalue weighted by Crippen LogP contribution is 2.31. The number of ether oxygens (including phenoxy) is 3. The van der Waals surface area contributed by atoms with Gasteiger partial charge in [0, 0.05) is 5.56 Å². The van der Waals surface area contributed by atoms with Gasteiger partial charge >= 0.3 is 5.97 Å². The Morgan fingerprint density at radius 2 is 2.05 bits per heavy atom. The Bertz CT molecular complexity index is 414. The number of carbonyl (C=O) groups is 1. The van der Waals surface area contributed by atoms with Crippen LogP contribution in [0.25, 0.3) is 0 Å². The molecule has 19 heavy (non-hydrogen) atoms. The second-order valence-electron chi connectivity index (χ2n) is 4.16. The van der Waals surface area contributed by atoms with Gasteiger partial charge < -0.3 is 19.3 Å². The summed E-state index contributed by atoms with van der Waals surface area (Å²) in [7, 11) is 0. The lowest BCUT2D eigenvalue weighted by molar-refractivity contribution is -0.149. The molecule has 0 saturated carbocycles. The molecule has 0 spiro atoms. The Balaban J connectivity index is 2.77. The number of para-hydroxylation sites is 1. The first-order valence-electron chi connectivity index (χ1n) is 6.26. The summed E-state index contributed by atoms with van der Waals surface area (Å²) < 4.78 is 15.8. The standard InChI is InChI=1S/C14H20O5/c1-4-17-12-7-5-6-11(8-15)14(12)18-9-13(16)19-10(2)3/h5-7,10,15H,4,8-9H2,1-3H3. The summed E-state index contributed by atoms with van der Waals surface area (Å²) in [6.07, 6.45) is -0.185. The van der Waals surface area contributed by atoms with Gasteiger partial charge in [0.2, 0.25) is 0 Å². The van der Waals surface area contributed by atoms with Crippen molar-refractivity contribution in [3.05, 3.63) is 23.8 Å². The van der Waals surface area contributed by atoms with E-state index in [1.807, 2.05) is 6.92 Å². The second-order valence-corrected chi connectivity index (χ2v) is 4.16. The number of aliphatic hydroxyl groups is 1. The van der Waals surface area contributed by atoms with E-state index in [2.05, 4.69) is 0 Å². The fourth-order valence-corrected chi connectivity index (χ4v) is 1.55. The average molecular weight is 268 g/mol. The minimum absolute atomic E-state index is 0.185. The molecule has 1 aromatic carbocycles. The van der Waals surface area contributed by atoms with Crippen molar-refractivity contribution in [1.29, 1.82) is 0 Å². The fraction of sp³-hybridized carbons (Fsp3) is 0.500. The number of carbonyl (C=O) groups excluding carboxylic acids is 1. The molecule has 5 heteroatoms. The smallest absolute Gasteiger partial charge is 0.344 e. The van der Waals surface area contributed by atoms with Gasteiger partial charge in [0.05, 0.1) is 19.3 Å². The molecule has 0 amide bonds. The molecule has 0 aliphatic rings. The van der Waals surface area contributed by atoms with Crippen LogP contribution in [-0.2, 0) is 16.1 Å².